The molecule has 0 bridgehead atoms. The van der Waals surface area contributed by atoms with Gasteiger partial charge in [0, 0.05) is 18.2 Å². The number of oxazole rings is 1. The minimum atomic E-state index is 0.618. The standard InChI is InChI=1S/C17H24N2O/c1-3-12-5-7-13(8-6-12)18-14-9-10-16-15(11-14)19-17(4-2)20-16/h9-13,18H,3-8H2,1-2H3. The predicted octanol–water partition coefficient (Wildman–Crippen LogP) is 4.77. The van der Waals surface area contributed by atoms with Crippen LogP contribution in [0.2, 0.25) is 0 Å². The van der Waals surface area contributed by atoms with Crippen LogP contribution in [0.25, 0.3) is 11.1 Å². The number of nitrogens with one attached hydrogen (secondary N) is 1. The predicted molar refractivity (Wildman–Crippen MR) is 83.0 cm³/mol. The molecule has 3 nitrogen and oxygen atoms in total. The molecular formula is C17H24N2O. The molecule has 1 aliphatic carbocycles. The Morgan fingerprint density at radius 2 is 2.00 bits per heavy atom. The van der Waals surface area contributed by atoms with E-state index in [0.29, 0.717) is 6.04 Å². The van der Waals surface area contributed by atoms with Crippen LogP contribution in [0.5, 0.6) is 0 Å². The van der Waals surface area contributed by atoms with Crippen molar-refractivity contribution in [1.29, 1.82) is 0 Å². The molecule has 108 valence electrons. The number of nitrogens with zero attached hydrogens (tertiary/aromatic N) is 1. The first-order chi connectivity index (χ1) is 9.78. The Bertz CT molecular complexity index is 567. The van der Waals surface area contributed by atoms with Crippen LogP contribution in [-0.4, -0.2) is 11.0 Å². The molecule has 0 atom stereocenters. The van der Waals surface area contributed by atoms with Crippen LogP contribution in [0.4, 0.5) is 5.69 Å². The van der Waals surface area contributed by atoms with E-state index in [4.69, 9.17) is 4.42 Å². The lowest BCUT2D eigenvalue weighted by Crippen LogP contribution is -2.25. The molecule has 3 rings (SSSR count). The van der Waals surface area contributed by atoms with E-state index in [-0.39, 0.29) is 0 Å². The lowest BCUT2D eigenvalue weighted by Gasteiger charge is -2.29. The highest BCUT2D eigenvalue weighted by Gasteiger charge is 2.19. The minimum absolute atomic E-state index is 0.618. The van der Waals surface area contributed by atoms with E-state index >= 15 is 0 Å². The highest BCUT2D eigenvalue weighted by Crippen LogP contribution is 2.29. The summed E-state index contributed by atoms with van der Waals surface area (Å²) in [6.45, 7) is 4.37. The fourth-order valence-electron chi connectivity index (χ4n) is 3.17. The van der Waals surface area contributed by atoms with Crippen LogP contribution in [0, 0.1) is 5.92 Å². The van der Waals surface area contributed by atoms with E-state index in [0.717, 1.165) is 29.3 Å². The van der Waals surface area contributed by atoms with Crippen LogP contribution in [0.3, 0.4) is 0 Å². The molecule has 0 saturated heterocycles. The molecule has 20 heavy (non-hydrogen) atoms. The molecule has 1 aromatic carbocycles. The molecule has 1 aromatic heterocycles. The number of hydrogen-bond donors (Lipinski definition) is 1. The second kappa shape index (κ2) is 5.86. The van der Waals surface area contributed by atoms with Crippen LogP contribution in [-0.2, 0) is 6.42 Å². The van der Waals surface area contributed by atoms with Gasteiger partial charge in [-0.15, -0.1) is 0 Å². The van der Waals surface area contributed by atoms with Gasteiger partial charge >= 0.3 is 0 Å². The third-order valence-electron chi connectivity index (χ3n) is 4.53. The van der Waals surface area contributed by atoms with Crippen LogP contribution in [0.15, 0.2) is 22.6 Å². The lowest BCUT2D eigenvalue weighted by atomic mass is 9.84. The zero-order chi connectivity index (χ0) is 13.9. The van der Waals surface area contributed by atoms with E-state index in [1.54, 1.807) is 0 Å². The van der Waals surface area contributed by atoms with Gasteiger partial charge in [0.25, 0.3) is 0 Å². The zero-order valence-corrected chi connectivity index (χ0v) is 12.5. The quantitative estimate of drug-likeness (QED) is 0.871. The Morgan fingerprint density at radius 1 is 1.20 bits per heavy atom. The largest absolute Gasteiger partial charge is 0.441 e. The smallest absolute Gasteiger partial charge is 0.195 e. The normalized spacial score (nSPS) is 23.1. The molecular weight excluding hydrogens is 248 g/mol. The summed E-state index contributed by atoms with van der Waals surface area (Å²) in [6, 6.07) is 6.87. The second-order valence-electron chi connectivity index (χ2n) is 5.91. The Balaban J connectivity index is 1.68. The number of aryl methyl sites for hydroxylation is 1. The molecule has 3 heteroatoms. The van der Waals surface area contributed by atoms with Gasteiger partial charge in [-0.25, -0.2) is 4.98 Å². The van der Waals surface area contributed by atoms with Crippen LogP contribution in [0.1, 0.15) is 51.8 Å². The van der Waals surface area contributed by atoms with E-state index in [9.17, 15) is 0 Å². The summed E-state index contributed by atoms with van der Waals surface area (Å²) in [4.78, 5) is 4.50. The van der Waals surface area contributed by atoms with Crippen molar-refractivity contribution in [3.05, 3.63) is 24.1 Å². The number of aromatic nitrogens is 1. The van der Waals surface area contributed by atoms with Gasteiger partial charge in [-0.3, -0.25) is 0 Å². The van der Waals surface area contributed by atoms with Crippen molar-refractivity contribution in [3.8, 4) is 0 Å². The maximum Gasteiger partial charge on any atom is 0.195 e. The summed E-state index contributed by atoms with van der Waals surface area (Å²) in [5.41, 5.74) is 3.03. The summed E-state index contributed by atoms with van der Waals surface area (Å²) >= 11 is 0. The van der Waals surface area contributed by atoms with Gasteiger partial charge in [0.05, 0.1) is 0 Å². The van der Waals surface area contributed by atoms with Gasteiger partial charge in [0.15, 0.2) is 11.5 Å². The fraction of sp³-hybridized carbons (Fsp3) is 0.588. The maximum absolute atomic E-state index is 5.65. The van der Waals surface area contributed by atoms with Gasteiger partial charge < -0.3 is 9.73 Å². The average Bonchev–Trinajstić information content (AvgIpc) is 2.90. The Morgan fingerprint density at radius 3 is 2.70 bits per heavy atom. The van der Waals surface area contributed by atoms with Gasteiger partial charge in [0.1, 0.15) is 5.52 Å². The molecule has 1 fully saturated rings. The van der Waals surface area contributed by atoms with Crippen molar-refractivity contribution < 1.29 is 4.42 Å². The van der Waals surface area contributed by atoms with Crippen molar-refractivity contribution in [1.82, 2.24) is 4.98 Å². The summed E-state index contributed by atoms with van der Waals surface area (Å²) in [6.07, 6.45) is 7.47. The lowest BCUT2D eigenvalue weighted by molar-refractivity contribution is 0.330. The summed E-state index contributed by atoms with van der Waals surface area (Å²) in [5.74, 6) is 1.76. The third kappa shape index (κ3) is 2.82. The Hall–Kier alpha value is -1.51. The van der Waals surface area contributed by atoms with Gasteiger partial charge in [-0.1, -0.05) is 20.3 Å². The van der Waals surface area contributed by atoms with E-state index in [1.165, 1.54) is 37.8 Å². The van der Waals surface area contributed by atoms with Crippen molar-refractivity contribution in [2.75, 3.05) is 5.32 Å². The minimum Gasteiger partial charge on any atom is -0.441 e. The first kappa shape index (κ1) is 13.5. The number of hydrogen-bond acceptors (Lipinski definition) is 3. The van der Waals surface area contributed by atoms with E-state index < -0.39 is 0 Å². The highest BCUT2D eigenvalue weighted by molar-refractivity contribution is 5.77. The molecule has 0 aliphatic heterocycles. The molecule has 0 unspecified atom stereocenters. The molecule has 1 aliphatic rings. The van der Waals surface area contributed by atoms with Crippen molar-refractivity contribution in [2.24, 2.45) is 5.92 Å². The fourth-order valence-corrected chi connectivity index (χ4v) is 3.17. The van der Waals surface area contributed by atoms with Crippen molar-refractivity contribution >= 4 is 16.8 Å². The molecule has 0 spiro atoms. The number of anilines is 1. The highest BCUT2D eigenvalue weighted by atomic mass is 16.3. The Labute approximate surface area is 120 Å². The molecule has 1 saturated carbocycles. The first-order valence-electron chi connectivity index (χ1n) is 7.94. The number of benzene rings is 1. The summed E-state index contributed by atoms with van der Waals surface area (Å²) in [5, 5.41) is 3.66. The number of rotatable bonds is 4. The summed E-state index contributed by atoms with van der Waals surface area (Å²) in [7, 11) is 0. The van der Waals surface area contributed by atoms with Crippen LogP contribution < -0.4 is 5.32 Å². The zero-order valence-electron chi connectivity index (χ0n) is 12.5. The Kier molecular flexibility index (Phi) is 3.95. The van der Waals surface area contributed by atoms with Crippen molar-refractivity contribution in [2.45, 2.75) is 58.4 Å². The molecule has 1 N–H and O–H groups in total. The monoisotopic (exact) mass is 272 g/mol. The van der Waals surface area contributed by atoms with Gasteiger partial charge in [-0.05, 0) is 49.8 Å². The molecule has 0 radical (unpaired) electrons. The molecule has 2 aromatic rings. The topological polar surface area (TPSA) is 38.1 Å². The SMILES string of the molecule is CCc1nc2cc(NC3CCC(CC)CC3)ccc2o1. The second-order valence-corrected chi connectivity index (χ2v) is 5.91. The van der Waals surface area contributed by atoms with Gasteiger partial charge in [-0.2, -0.15) is 0 Å². The van der Waals surface area contributed by atoms with Gasteiger partial charge in [0.2, 0.25) is 0 Å². The van der Waals surface area contributed by atoms with E-state index in [1.807, 2.05) is 6.07 Å². The first-order valence-corrected chi connectivity index (χ1v) is 7.94. The maximum atomic E-state index is 5.65. The average molecular weight is 272 g/mol. The summed E-state index contributed by atoms with van der Waals surface area (Å²) < 4.78 is 5.65. The van der Waals surface area contributed by atoms with Crippen molar-refractivity contribution in [3.63, 3.8) is 0 Å². The van der Waals surface area contributed by atoms with Crippen LogP contribution >= 0.6 is 0 Å². The molecule has 0 amide bonds. The third-order valence-corrected chi connectivity index (χ3v) is 4.53. The number of fused-ring (bicyclic) bond motifs is 1. The molecule has 1 heterocycles. The van der Waals surface area contributed by atoms with E-state index in [2.05, 4.69) is 36.3 Å².